The van der Waals surface area contributed by atoms with Crippen LogP contribution in [0, 0.1) is 11.8 Å². The number of hydrogen-bond donors (Lipinski definition) is 0. The quantitative estimate of drug-likeness (QED) is 0.440. The maximum atomic E-state index is 14.3. The lowest BCUT2D eigenvalue weighted by Gasteiger charge is -2.49. The Hall–Kier alpha value is -3.26. The highest BCUT2D eigenvalue weighted by Crippen LogP contribution is 2.48. The minimum atomic E-state index is -0.550. The number of hydrogen-bond acceptors (Lipinski definition) is 6. The molecule has 2 aliphatic heterocycles. The lowest BCUT2D eigenvalue weighted by atomic mass is 9.69. The molecule has 40 heavy (non-hydrogen) atoms. The summed E-state index contributed by atoms with van der Waals surface area (Å²) in [6, 6.07) is 14.3. The Bertz CT molecular complexity index is 1530. The first-order chi connectivity index (χ1) is 19.5. The Labute approximate surface area is 234 Å². The van der Waals surface area contributed by atoms with Crippen molar-refractivity contribution >= 4 is 17.0 Å². The normalized spacial score (nSPS) is 29.9. The molecule has 0 radical (unpaired) electrons. The molecule has 2 saturated carbocycles. The molecule has 4 bridgehead atoms. The number of para-hydroxylation sites is 2. The molecule has 0 spiro atoms. The largest absolute Gasteiger partial charge is 0.468 e. The summed E-state index contributed by atoms with van der Waals surface area (Å²) in [5.74, 6) is 1.25. The molecule has 8 nitrogen and oxygen atoms in total. The van der Waals surface area contributed by atoms with Crippen LogP contribution >= 0.6 is 0 Å². The molecular formula is C32H38N4O4. The van der Waals surface area contributed by atoms with Gasteiger partial charge in [0.05, 0.1) is 23.8 Å². The van der Waals surface area contributed by atoms with E-state index in [4.69, 9.17) is 9.72 Å². The fourth-order valence-corrected chi connectivity index (χ4v) is 8.70. The zero-order chi connectivity index (χ0) is 27.4. The van der Waals surface area contributed by atoms with Gasteiger partial charge in [0.25, 0.3) is 11.1 Å². The van der Waals surface area contributed by atoms with Gasteiger partial charge in [-0.2, -0.15) is 0 Å². The van der Waals surface area contributed by atoms with Gasteiger partial charge in [-0.15, -0.1) is 0 Å². The van der Waals surface area contributed by atoms with Crippen molar-refractivity contribution in [2.24, 2.45) is 11.8 Å². The summed E-state index contributed by atoms with van der Waals surface area (Å²) in [5.41, 5.74) is 1.53. The summed E-state index contributed by atoms with van der Waals surface area (Å²) in [7, 11) is 1.29. The number of rotatable bonds is 5. The van der Waals surface area contributed by atoms with Gasteiger partial charge in [-0.1, -0.05) is 37.5 Å². The number of carbonyl (C=O) groups excluding carboxylic acids is 1. The van der Waals surface area contributed by atoms with Crippen LogP contribution in [-0.2, 0) is 16.1 Å². The Morgan fingerprint density at radius 3 is 2.30 bits per heavy atom. The van der Waals surface area contributed by atoms with Crippen molar-refractivity contribution in [2.75, 3.05) is 7.11 Å². The van der Waals surface area contributed by atoms with Crippen LogP contribution in [0.2, 0.25) is 0 Å². The van der Waals surface area contributed by atoms with Crippen LogP contribution in [0.5, 0.6) is 0 Å². The molecule has 3 aromatic rings. The molecule has 8 heteroatoms. The molecule has 2 aliphatic carbocycles. The maximum Gasteiger partial charge on any atom is 0.325 e. The summed E-state index contributed by atoms with van der Waals surface area (Å²) in [6.07, 6.45) is 12.7. The Balaban J connectivity index is 1.27. The van der Waals surface area contributed by atoms with Crippen LogP contribution in [0.1, 0.15) is 70.3 Å². The molecule has 4 heterocycles. The van der Waals surface area contributed by atoms with Crippen molar-refractivity contribution in [1.29, 1.82) is 0 Å². The minimum absolute atomic E-state index is 0.0699. The fraction of sp³-hybridized carbons (Fsp3) is 0.562. The summed E-state index contributed by atoms with van der Waals surface area (Å²) in [5, 5.41) is 0. The van der Waals surface area contributed by atoms with Crippen LogP contribution in [0.4, 0.5) is 0 Å². The van der Waals surface area contributed by atoms with Crippen molar-refractivity contribution < 1.29 is 9.53 Å². The van der Waals surface area contributed by atoms with Gasteiger partial charge in [-0.05, 0) is 75.0 Å². The summed E-state index contributed by atoms with van der Waals surface area (Å²) >= 11 is 0. The van der Waals surface area contributed by atoms with E-state index in [9.17, 15) is 14.4 Å². The van der Waals surface area contributed by atoms with Crippen molar-refractivity contribution in [3.8, 4) is 11.4 Å². The van der Waals surface area contributed by atoms with E-state index in [1.165, 1.54) is 69.1 Å². The van der Waals surface area contributed by atoms with Crippen LogP contribution in [0.25, 0.3) is 22.4 Å². The molecule has 2 aromatic heterocycles. The van der Waals surface area contributed by atoms with E-state index in [1.54, 1.807) is 12.1 Å². The van der Waals surface area contributed by atoms with Crippen molar-refractivity contribution in [3.05, 3.63) is 63.2 Å². The fourth-order valence-electron chi connectivity index (χ4n) is 8.70. The number of ether oxygens (including phenoxy) is 1. The molecule has 0 amide bonds. The van der Waals surface area contributed by atoms with E-state index >= 15 is 0 Å². The number of fused-ring (bicyclic) bond motifs is 5. The minimum Gasteiger partial charge on any atom is -0.468 e. The lowest BCUT2D eigenvalue weighted by molar-refractivity contribution is -0.141. The van der Waals surface area contributed by atoms with Gasteiger partial charge in [0.1, 0.15) is 6.54 Å². The second-order valence-electron chi connectivity index (χ2n) is 12.5. The maximum absolute atomic E-state index is 14.3. The molecule has 0 N–H and O–H groups in total. The van der Waals surface area contributed by atoms with Gasteiger partial charge in [-0.25, -0.2) is 4.98 Å². The highest BCUT2D eigenvalue weighted by atomic mass is 16.5. The van der Waals surface area contributed by atoms with Crippen LogP contribution in [0.15, 0.2) is 52.1 Å². The van der Waals surface area contributed by atoms with E-state index in [0.29, 0.717) is 29.3 Å². The van der Waals surface area contributed by atoms with Gasteiger partial charge >= 0.3 is 5.97 Å². The molecule has 1 aromatic carbocycles. The first-order valence-electron chi connectivity index (χ1n) is 15.1. The summed E-state index contributed by atoms with van der Waals surface area (Å²) in [6.45, 7) is -0.272. The molecule has 7 rings (SSSR count). The van der Waals surface area contributed by atoms with Crippen molar-refractivity contribution in [1.82, 2.24) is 19.0 Å². The third kappa shape index (κ3) is 4.41. The van der Waals surface area contributed by atoms with Crippen molar-refractivity contribution in [3.63, 3.8) is 0 Å². The molecule has 2 saturated heterocycles. The number of pyridine rings is 1. The second-order valence-corrected chi connectivity index (χ2v) is 12.5. The Morgan fingerprint density at radius 2 is 1.57 bits per heavy atom. The van der Waals surface area contributed by atoms with Crippen LogP contribution in [0.3, 0.4) is 0 Å². The lowest BCUT2D eigenvalue weighted by Crippen LogP contribution is -2.52. The zero-order valence-electron chi connectivity index (χ0n) is 23.2. The molecule has 4 aliphatic rings. The van der Waals surface area contributed by atoms with Gasteiger partial charge in [0.15, 0.2) is 5.69 Å². The number of piperidine rings is 1. The van der Waals surface area contributed by atoms with Crippen molar-refractivity contribution in [2.45, 2.75) is 94.9 Å². The zero-order valence-corrected chi connectivity index (χ0v) is 23.2. The predicted molar refractivity (Wildman–Crippen MR) is 153 cm³/mol. The average molecular weight is 543 g/mol. The number of nitrogens with zero attached hydrogens (tertiary/aromatic N) is 4. The van der Waals surface area contributed by atoms with Gasteiger partial charge < -0.3 is 9.30 Å². The van der Waals surface area contributed by atoms with E-state index < -0.39 is 5.97 Å². The highest BCUT2D eigenvalue weighted by molar-refractivity contribution is 5.78. The Morgan fingerprint density at radius 1 is 0.850 bits per heavy atom. The van der Waals surface area contributed by atoms with E-state index in [-0.39, 0.29) is 29.4 Å². The van der Waals surface area contributed by atoms with E-state index in [1.807, 2.05) is 28.8 Å². The van der Waals surface area contributed by atoms with Gasteiger partial charge in [-0.3, -0.25) is 23.9 Å². The SMILES string of the molecule is COC(=O)Cn1c(-c2nc3ccccc3n([C@H]3C[C@H]4CC[C@@H](C3)N4[C@H]3C[C@@H]4CCC[C@@H](C4)C3)c2=O)cccc1=O. The third-order valence-corrected chi connectivity index (χ3v) is 10.3. The number of esters is 1. The Kier molecular flexibility index (Phi) is 6.61. The average Bonchev–Trinajstić information content (AvgIpc) is 3.23. The number of benzene rings is 1. The second kappa shape index (κ2) is 10.3. The molecule has 6 atom stereocenters. The third-order valence-electron chi connectivity index (χ3n) is 10.3. The first-order valence-corrected chi connectivity index (χ1v) is 15.1. The van der Waals surface area contributed by atoms with Crippen LogP contribution in [-0.4, -0.2) is 50.2 Å². The van der Waals surface area contributed by atoms with E-state index in [2.05, 4.69) is 4.90 Å². The van der Waals surface area contributed by atoms with Crippen LogP contribution < -0.4 is 11.1 Å². The summed E-state index contributed by atoms with van der Waals surface area (Å²) in [4.78, 5) is 46.9. The number of aromatic nitrogens is 3. The first kappa shape index (κ1) is 25.7. The monoisotopic (exact) mass is 542 g/mol. The highest BCUT2D eigenvalue weighted by Gasteiger charge is 2.47. The molecule has 4 fully saturated rings. The van der Waals surface area contributed by atoms with E-state index in [0.717, 1.165) is 30.2 Å². The number of methoxy groups -OCH3 is 1. The molecule has 0 unspecified atom stereocenters. The smallest absolute Gasteiger partial charge is 0.325 e. The molecule has 210 valence electrons. The van der Waals surface area contributed by atoms with Gasteiger partial charge in [0, 0.05) is 30.2 Å². The van der Waals surface area contributed by atoms with Gasteiger partial charge in [0.2, 0.25) is 0 Å². The topological polar surface area (TPSA) is 86.4 Å². The molecular weight excluding hydrogens is 504 g/mol. The number of carbonyl (C=O) groups is 1. The predicted octanol–water partition coefficient (Wildman–Crippen LogP) is 4.53. The summed E-state index contributed by atoms with van der Waals surface area (Å²) < 4.78 is 8.07. The standard InChI is InChI=1S/C32H38N4O4/c1-40-30(38)19-34-28(10-5-11-29(34)37)31-32(39)36(27-9-3-2-8-26(27)33-31)25-17-22-12-13-23(18-25)35(22)24-15-20-6-4-7-21(14-20)16-24/h2-3,5,8-11,20-25H,4,6-7,12-19H2,1H3/t20-,21+,22-,23+,24+,25+.